The van der Waals surface area contributed by atoms with E-state index in [0.29, 0.717) is 0 Å². The molecule has 1 heterocycles. The van der Waals surface area contributed by atoms with E-state index in [-0.39, 0.29) is 6.04 Å². The highest BCUT2D eigenvalue weighted by Gasteiger charge is 2.08. The third-order valence-electron chi connectivity index (χ3n) is 2.83. The van der Waals surface area contributed by atoms with Gasteiger partial charge in [0.2, 0.25) is 0 Å². The second kappa shape index (κ2) is 5.98. The van der Waals surface area contributed by atoms with Crippen LogP contribution in [0, 0.1) is 0 Å². The number of benzene rings is 1. The van der Waals surface area contributed by atoms with Gasteiger partial charge in [-0.2, -0.15) is 5.10 Å². The lowest BCUT2D eigenvalue weighted by Gasteiger charge is -2.15. The Balaban J connectivity index is 1.98. The zero-order valence-electron chi connectivity index (χ0n) is 10.3. The van der Waals surface area contributed by atoms with E-state index in [1.54, 1.807) is 10.9 Å². The van der Waals surface area contributed by atoms with Gasteiger partial charge in [0, 0.05) is 35.0 Å². The van der Waals surface area contributed by atoms with Crippen LogP contribution in [0.25, 0.3) is 6.20 Å². The zero-order chi connectivity index (χ0) is 13.0. The second-order valence-electron chi connectivity index (χ2n) is 4.14. The van der Waals surface area contributed by atoms with Gasteiger partial charge in [-0.3, -0.25) is 0 Å². The maximum absolute atomic E-state index is 4.15. The number of rotatable bonds is 5. The smallest absolute Gasteiger partial charge is 0.0538 e. The van der Waals surface area contributed by atoms with E-state index in [2.05, 4.69) is 52.0 Å². The Morgan fingerprint density at radius 1 is 1.50 bits per heavy atom. The highest BCUT2D eigenvalue weighted by molar-refractivity contribution is 9.10. The Morgan fingerprint density at radius 2 is 2.28 bits per heavy atom. The maximum atomic E-state index is 4.15. The number of nitrogens with zero attached hydrogens (tertiary/aromatic N) is 2. The van der Waals surface area contributed by atoms with Crippen molar-refractivity contribution in [2.24, 2.45) is 0 Å². The van der Waals surface area contributed by atoms with Crippen LogP contribution in [0.2, 0.25) is 0 Å². The molecule has 1 aromatic carbocycles. The van der Waals surface area contributed by atoms with Crippen LogP contribution in [0.4, 0.5) is 0 Å². The predicted molar refractivity (Wildman–Crippen MR) is 78.0 cm³/mol. The van der Waals surface area contributed by atoms with Crippen molar-refractivity contribution in [2.45, 2.75) is 19.5 Å². The van der Waals surface area contributed by atoms with E-state index in [0.717, 1.165) is 16.6 Å². The molecule has 0 fully saturated rings. The fraction of sp³-hybridized carbons (Fsp3) is 0.214. The van der Waals surface area contributed by atoms with Crippen LogP contribution in [-0.2, 0) is 6.54 Å². The molecule has 0 radical (unpaired) electrons. The Kier molecular flexibility index (Phi) is 4.33. The van der Waals surface area contributed by atoms with Gasteiger partial charge in [-0.1, -0.05) is 40.7 Å². The van der Waals surface area contributed by atoms with Crippen molar-refractivity contribution >= 4 is 22.1 Å². The first-order chi connectivity index (χ1) is 8.70. The minimum Gasteiger partial charge on any atom is -0.306 e. The summed E-state index contributed by atoms with van der Waals surface area (Å²) in [5.41, 5.74) is 2.41. The Labute approximate surface area is 116 Å². The van der Waals surface area contributed by atoms with Crippen molar-refractivity contribution in [2.75, 3.05) is 0 Å². The average Bonchev–Trinajstić information content (AvgIpc) is 2.84. The summed E-state index contributed by atoms with van der Waals surface area (Å²) in [6.07, 6.45) is 5.49. The molecule has 1 aromatic heterocycles. The molecular weight excluding hydrogens is 290 g/mol. The van der Waals surface area contributed by atoms with Gasteiger partial charge >= 0.3 is 0 Å². The maximum Gasteiger partial charge on any atom is 0.0538 e. The van der Waals surface area contributed by atoms with E-state index in [4.69, 9.17) is 0 Å². The number of halogens is 1. The molecule has 0 saturated heterocycles. The summed E-state index contributed by atoms with van der Waals surface area (Å²) in [6, 6.07) is 8.54. The third-order valence-corrected chi connectivity index (χ3v) is 3.55. The van der Waals surface area contributed by atoms with Crippen LogP contribution in [0.1, 0.15) is 24.1 Å². The summed E-state index contributed by atoms with van der Waals surface area (Å²) in [5.74, 6) is 0. The van der Waals surface area contributed by atoms with Gasteiger partial charge in [0.05, 0.1) is 6.20 Å². The van der Waals surface area contributed by atoms with E-state index >= 15 is 0 Å². The molecule has 0 amide bonds. The zero-order valence-corrected chi connectivity index (χ0v) is 11.9. The molecule has 0 saturated carbocycles. The molecule has 0 unspecified atom stereocenters. The summed E-state index contributed by atoms with van der Waals surface area (Å²) in [7, 11) is 0. The highest BCUT2D eigenvalue weighted by Crippen LogP contribution is 2.22. The summed E-state index contributed by atoms with van der Waals surface area (Å²) in [5, 5.41) is 7.63. The number of aromatic nitrogens is 2. The number of nitrogens with one attached hydrogen (secondary N) is 1. The topological polar surface area (TPSA) is 29.9 Å². The van der Waals surface area contributed by atoms with Crippen LogP contribution in [0.5, 0.6) is 0 Å². The normalized spacial score (nSPS) is 12.3. The van der Waals surface area contributed by atoms with Crippen LogP contribution >= 0.6 is 15.9 Å². The Hall–Kier alpha value is -1.39. The van der Waals surface area contributed by atoms with Gasteiger partial charge in [0.15, 0.2) is 0 Å². The van der Waals surface area contributed by atoms with Crippen molar-refractivity contribution in [3.63, 3.8) is 0 Å². The van der Waals surface area contributed by atoms with Gasteiger partial charge in [-0.15, -0.1) is 0 Å². The van der Waals surface area contributed by atoms with E-state index in [9.17, 15) is 0 Å². The molecule has 1 N–H and O–H groups in total. The first-order valence-electron chi connectivity index (χ1n) is 5.84. The lowest BCUT2D eigenvalue weighted by molar-refractivity contribution is 0.573. The quantitative estimate of drug-likeness (QED) is 0.915. The summed E-state index contributed by atoms with van der Waals surface area (Å²) in [6.45, 7) is 6.61. The molecule has 3 nitrogen and oxygen atoms in total. The van der Waals surface area contributed by atoms with E-state index < -0.39 is 0 Å². The molecule has 2 rings (SSSR count). The van der Waals surface area contributed by atoms with Crippen molar-refractivity contribution < 1.29 is 0 Å². The second-order valence-corrected chi connectivity index (χ2v) is 4.99. The van der Waals surface area contributed by atoms with Gasteiger partial charge in [-0.25, -0.2) is 4.68 Å². The summed E-state index contributed by atoms with van der Waals surface area (Å²) in [4.78, 5) is 0. The van der Waals surface area contributed by atoms with Crippen molar-refractivity contribution in [3.8, 4) is 0 Å². The highest BCUT2D eigenvalue weighted by atomic mass is 79.9. The van der Waals surface area contributed by atoms with Gasteiger partial charge in [-0.05, 0) is 18.6 Å². The molecule has 1 atom stereocenters. The first-order valence-corrected chi connectivity index (χ1v) is 6.63. The van der Waals surface area contributed by atoms with E-state index in [1.807, 2.05) is 24.5 Å². The Bertz CT molecular complexity index is 533. The van der Waals surface area contributed by atoms with Gasteiger partial charge in [0.25, 0.3) is 0 Å². The molecule has 94 valence electrons. The lowest BCUT2D eigenvalue weighted by Crippen LogP contribution is -2.18. The predicted octanol–water partition coefficient (Wildman–Crippen LogP) is 3.60. The van der Waals surface area contributed by atoms with Crippen molar-refractivity contribution in [3.05, 3.63) is 58.8 Å². The first kappa shape index (κ1) is 13.1. The molecule has 0 spiro atoms. The Morgan fingerprint density at radius 3 is 2.94 bits per heavy atom. The fourth-order valence-electron chi connectivity index (χ4n) is 1.78. The SMILES string of the molecule is C=Cn1cc(CN[C@@H](C)c2ccccc2Br)cn1. The fourth-order valence-corrected chi connectivity index (χ4v) is 2.40. The van der Waals surface area contributed by atoms with E-state index in [1.165, 1.54) is 5.56 Å². The molecule has 0 aliphatic rings. The molecular formula is C14H16BrN3. The molecule has 18 heavy (non-hydrogen) atoms. The standard InChI is InChI=1S/C14H16BrN3/c1-3-18-10-12(9-17-18)8-16-11(2)13-6-4-5-7-14(13)15/h3-7,9-11,16H,1,8H2,2H3/t11-/m0/s1. The van der Waals surface area contributed by atoms with Crippen LogP contribution in [0.15, 0.2) is 47.7 Å². The van der Waals surface area contributed by atoms with Crippen LogP contribution in [-0.4, -0.2) is 9.78 Å². The molecule has 0 aliphatic heterocycles. The lowest BCUT2D eigenvalue weighted by atomic mass is 10.1. The number of hydrogen-bond acceptors (Lipinski definition) is 2. The third kappa shape index (κ3) is 3.09. The monoisotopic (exact) mass is 305 g/mol. The summed E-state index contributed by atoms with van der Waals surface area (Å²) < 4.78 is 2.84. The van der Waals surface area contributed by atoms with Crippen LogP contribution < -0.4 is 5.32 Å². The molecule has 0 aliphatic carbocycles. The minimum absolute atomic E-state index is 0.285. The molecule has 2 aromatic rings. The number of hydrogen-bond donors (Lipinski definition) is 1. The van der Waals surface area contributed by atoms with Gasteiger partial charge in [0.1, 0.15) is 0 Å². The van der Waals surface area contributed by atoms with Crippen molar-refractivity contribution in [1.82, 2.24) is 15.1 Å². The molecule has 4 heteroatoms. The van der Waals surface area contributed by atoms with Crippen LogP contribution in [0.3, 0.4) is 0 Å². The van der Waals surface area contributed by atoms with Gasteiger partial charge < -0.3 is 5.32 Å². The van der Waals surface area contributed by atoms with Crippen molar-refractivity contribution in [1.29, 1.82) is 0 Å². The summed E-state index contributed by atoms with van der Waals surface area (Å²) >= 11 is 3.57. The minimum atomic E-state index is 0.285. The average molecular weight is 306 g/mol. The largest absolute Gasteiger partial charge is 0.306 e. The molecule has 0 bridgehead atoms.